The minimum absolute atomic E-state index is 0.00813. The third-order valence-electron chi connectivity index (χ3n) is 2.69. The van der Waals surface area contributed by atoms with Crippen LogP contribution in [-0.4, -0.2) is 19.9 Å². The van der Waals surface area contributed by atoms with E-state index in [2.05, 4.69) is 61.5 Å². The van der Waals surface area contributed by atoms with Gasteiger partial charge >= 0.3 is 0 Å². The number of aromatic nitrogens is 4. The normalized spacial score (nSPS) is 13.3. The summed E-state index contributed by atoms with van der Waals surface area (Å²) < 4.78 is 0. The monoisotopic (exact) mass is 232 g/mol. The minimum atomic E-state index is -0.00965. The molecule has 4 heteroatoms. The Balaban J connectivity index is 2.56. The molecule has 0 amide bonds. The van der Waals surface area contributed by atoms with E-state index in [1.165, 1.54) is 0 Å². The molecule has 2 rings (SSSR count). The molecule has 0 fully saturated rings. The number of nitrogens with one attached hydrogen (secondary N) is 1. The second kappa shape index (κ2) is 3.52. The Bertz CT molecular complexity index is 529. The second-order valence-corrected chi connectivity index (χ2v) is 6.51. The van der Waals surface area contributed by atoms with Crippen molar-refractivity contribution in [2.24, 2.45) is 0 Å². The third-order valence-corrected chi connectivity index (χ3v) is 2.69. The molecular formula is C13H20N4. The molecule has 0 saturated carbocycles. The summed E-state index contributed by atoms with van der Waals surface area (Å²) in [4.78, 5) is 16.7. The van der Waals surface area contributed by atoms with Crippen LogP contribution in [0.15, 0.2) is 6.20 Å². The standard InChI is InChI=1S/C13H20N4/c1-12(2,3)8-7-14-9-10(15-8)17-11(16-9)13(4,5)6/h7H,1-6H3,(H,14,15,16,17). The number of nitrogens with zero attached hydrogens (tertiary/aromatic N) is 3. The molecule has 17 heavy (non-hydrogen) atoms. The van der Waals surface area contributed by atoms with Crippen molar-refractivity contribution in [3.8, 4) is 0 Å². The number of aromatic amines is 1. The van der Waals surface area contributed by atoms with Crippen LogP contribution in [0, 0.1) is 0 Å². The summed E-state index contributed by atoms with van der Waals surface area (Å²) in [6.45, 7) is 12.7. The zero-order chi connectivity index (χ0) is 12.8. The van der Waals surface area contributed by atoms with Crippen molar-refractivity contribution >= 4 is 11.3 Å². The van der Waals surface area contributed by atoms with Crippen LogP contribution in [0.4, 0.5) is 0 Å². The van der Waals surface area contributed by atoms with E-state index in [4.69, 9.17) is 0 Å². The zero-order valence-corrected chi connectivity index (χ0v) is 11.4. The topological polar surface area (TPSA) is 54.5 Å². The van der Waals surface area contributed by atoms with E-state index in [1.807, 2.05) is 6.20 Å². The molecule has 92 valence electrons. The first-order valence-corrected chi connectivity index (χ1v) is 5.91. The van der Waals surface area contributed by atoms with E-state index in [9.17, 15) is 0 Å². The van der Waals surface area contributed by atoms with E-state index >= 15 is 0 Å². The number of hydrogen-bond donors (Lipinski definition) is 1. The highest BCUT2D eigenvalue weighted by molar-refractivity contribution is 5.65. The first-order chi connectivity index (χ1) is 7.68. The van der Waals surface area contributed by atoms with E-state index in [0.717, 1.165) is 17.2 Å². The zero-order valence-electron chi connectivity index (χ0n) is 11.4. The SMILES string of the molecule is CC(C)(C)c1cnc2nc(C(C)(C)C)[nH]c2n1. The Labute approximate surface area is 102 Å². The molecule has 4 nitrogen and oxygen atoms in total. The van der Waals surface area contributed by atoms with Gasteiger partial charge in [0, 0.05) is 10.8 Å². The molecule has 0 saturated heterocycles. The van der Waals surface area contributed by atoms with Crippen molar-refractivity contribution in [1.29, 1.82) is 0 Å². The lowest BCUT2D eigenvalue weighted by molar-refractivity contribution is 0.553. The van der Waals surface area contributed by atoms with E-state index < -0.39 is 0 Å². The van der Waals surface area contributed by atoms with Crippen LogP contribution in [0.3, 0.4) is 0 Å². The predicted octanol–water partition coefficient (Wildman–Crippen LogP) is 2.95. The van der Waals surface area contributed by atoms with Gasteiger partial charge in [-0.2, -0.15) is 0 Å². The van der Waals surface area contributed by atoms with Crippen molar-refractivity contribution in [2.45, 2.75) is 52.4 Å². The van der Waals surface area contributed by atoms with Crippen LogP contribution in [0.5, 0.6) is 0 Å². The minimum Gasteiger partial charge on any atom is -0.325 e. The van der Waals surface area contributed by atoms with Gasteiger partial charge in [0.25, 0.3) is 0 Å². The molecule has 0 aromatic carbocycles. The molecule has 0 atom stereocenters. The van der Waals surface area contributed by atoms with E-state index in [-0.39, 0.29) is 10.8 Å². The van der Waals surface area contributed by atoms with Gasteiger partial charge in [0.15, 0.2) is 11.3 Å². The highest BCUT2D eigenvalue weighted by Gasteiger charge is 2.21. The summed E-state index contributed by atoms with van der Waals surface area (Å²) in [6.07, 6.45) is 1.82. The Morgan fingerprint density at radius 2 is 1.59 bits per heavy atom. The lowest BCUT2D eigenvalue weighted by atomic mass is 9.93. The highest BCUT2D eigenvalue weighted by Crippen LogP contribution is 2.23. The van der Waals surface area contributed by atoms with Gasteiger partial charge in [0.1, 0.15) is 5.82 Å². The highest BCUT2D eigenvalue weighted by atomic mass is 15.1. The van der Waals surface area contributed by atoms with Gasteiger partial charge in [-0.05, 0) is 0 Å². The van der Waals surface area contributed by atoms with Gasteiger partial charge in [0.05, 0.1) is 11.9 Å². The molecule has 0 radical (unpaired) electrons. The Kier molecular flexibility index (Phi) is 2.49. The van der Waals surface area contributed by atoms with Gasteiger partial charge in [0.2, 0.25) is 0 Å². The van der Waals surface area contributed by atoms with E-state index in [0.29, 0.717) is 5.65 Å². The molecule has 1 N–H and O–H groups in total. The van der Waals surface area contributed by atoms with Crippen LogP contribution < -0.4 is 0 Å². The summed E-state index contributed by atoms with van der Waals surface area (Å²) >= 11 is 0. The molecule has 2 aromatic rings. The van der Waals surface area contributed by atoms with E-state index in [1.54, 1.807) is 0 Å². The second-order valence-electron chi connectivity index (χ2n) is 6.51. The number of fused-ring (bicyclic) bond motifs is 1. The van der Waals surface area contributed by atoms with Gasteiger partial charge in [-0.25, -0.2) is 15.0 Å². The van der Waals surface area contributed by atoms with Crippen LogP contribution in [0.2, 0.25) is 0 Å². The van der Waals surface area contributed by atoms with Crippen LogP contribution >= 0.6 is 0 Å². The van der Waals surface area contributed by atoms with Crippen molar-refractivity contribution in [1.82, 2.24) is 19.9 Å². The largest absolute Gasteiger partial charge is 0.325 e. The van der Waals surface area contributed by atoms with Gasteiger partial charge in [-0.3, -0.25) is 0 Å². The molecule has 0 aliphatic heterocycles. The maximum atomic E-state index is 4.60. The van der Waals surface area contributed by atoms with Crippen LogP contribution in [0.25, 0.3) is 11.3 Å². The lowest BCUT2D eigenvalue weighted by Crippen LogP contribution is -2.14. The van der Waals surface area contributed by atoms with Crippen LogP contribution in [-0.2, 0) is 10.8 Å². The van der Waals surface area contributed by atoms with Crippen LogP contribution in [0.1, 0.15) is 53.1 Å². The summed E-state index contributed by atoms with van der Waals surface area (Å²) in [6, 6.07) is 0. The summed E-state index contributed by atoms with van der Waals surface area (Å²) in [5.41, 5.74) is 2.46. The smallest absolute Gasteiger partial charge is 0.197 e. The Morgan fingerprint density at radius 3 is 2.12 bits per heavy atom. The molecule has 0 aliphatic carbocycles. The first-order valence-electron chi connectivity index (χ1n) is 5.91. The molecule has 2 aromatic heterocycles. The maximum Gasteiger partial charge on any atom is 0.197 e. The number of rotatable bonds is 0. The fraction of sp³-hybridized carbons (Fsp3) is 0.615. The summed E-state index contributed by atoms with van der Waals surface area (Å²) in [5.74, 6) is 0.929. The predicted molar refractivity (Wildman–Crippen MR) is 69.1 cm³/mol. The quantitative estimate of drug-likeness (QED) is 0.759. The van der Waals surface area contributed by atoms with Gasteiger partial charge in [-0.1, -0.05) is 41.5 Å². The number of H-pyrrole nitrogens is 1. The molecule has 0 spiro atoms. The average molecular weight is 232 g/mol. The Hall–Kier alpha value is -1.45. The Morgan fingerprint density at radius 1 is 0.941 bits per heavy atom. The molecule has 2 heterocycles. The average Bonchev–Trinajstić information content (AvgIpc) is 2.57. The molecule has 0 unspecified atom stereocenters. The summed E-state index contributed by atoms with van der Waals surface area (Å²) in [7, 11) is 0. The maximum absolute atomic E-state index is 4.60. The fourth-order valence-corrected chi connectivity index (χ4v) is 1.51. The molecular weight excluding hydrogens is 212 g/mol. The van der Waals surface area contributed by atoms with Crippen molar-refractivity contribution < 1.29 is 0 Å². The van der Waals surface area contributed by atoms with Gasteiger partial charge < -0.3 is 4.98 Å². The number of hydrogen-bond acceptors (Lipinski definition) is 3. The summed E-state index contributed by atoms with van der Waals surface area (Å²) in [5, 5.41) is 0. The third kappa shape index (κ3) is 2.30. The van der Waals surface area contributed by atoms with Crippen molar-refractivity contribution in [2.75, 3.05) is 0 Å². The fourth-order valence-electron chi connectivity index (χ4n) is 1.51. The van der Waals surface area contributed by atoms with Gasteiger partial charge in [-0.15, -0.1) is 0 Å². The first kappa shape index (κ1) is 12.0. The molecule has 0 aliphatic rings. The molecule has 0 bridgehead atoms. The number of imidazole rings is 1. The lowest BCUT2D eigenvalue weighted by Gasteiger charge is -2.16. The van der Waals surface area contributed by atoms with Crippen molar-refractivity contribution in [3.63, 3.8) is 0 Å². The van der Waals surface area contributed by atoms with Crippen molar-refractivity contribution in [3.05, 3.63) is 17.7 Å².